The topological polar surface area (TPSA) is 62.6 Å². The van der Waals surface area contributed by atoms with Crippen LogP contribution in [0.4, 0.5) is 0 Å². The second kappa shape index (κ2) is 5.02. The van der Waals surface area contributed by atoms with Crippen molar-refractivity contribution in [2.75, 3.05) is 6.61 Å². The Hall–Kier alpha value is -2.27. The molecule has 0 aliphatic heterocycles. The zero-order valence-electron chi connectivity index (χ0n) is 10.8. The van der Waals surface area contributed by atoms with Crippen LogP contribution in [0.3, 0.4) is 0 Å². The van der Waals surface area contributed by atoms with E-state index in [0.29, 0.717) is 17.2 Å². The smallest absolute Gasteiger partial charge is 0.132 e. The zero-order valence-corrected chi connectivity index (χ0v) is 11.6. The molecular formula is C15H13NO3S. The van der Waals surface area contributed by atoms with E-state index in [1.807, 2.05) is 25.1 Å². The Bertz CT molecular complexity index is 747. The highest BCUT2D eigenvalue weighted by atomic mass is 32.1. The van der Waals surface area contributed by atoms with Crippen LogP contribution in [0.15, 0.2) is 36.4 Å². The average molecular weight is 287 g/mol. The second-order valence-corrected chi connectivity index (χ2v) is 5.28. The summed E-state index contributed by atoms with van der Waals surface area (Å²) in [5.74, 6) is 0.833. The van der Waals surface area contributed by atoms with Gasteiger partial charge in [-0.05, 0) is 37.3 Å². The molecule has 0 bridgehead atoms. The summed E-state index contributed by atoms with van der Waals surface area (Å²) in [7, 11) is 0. The Kier molecular flexibility index (Phi) is 3.20. The first-order valence-corrected chi connectivity index (χ1v) is 7.05. The van der Waals surface area contributed by atoms with Crippen LogP contribution in [-0.2, 0) is 0 Å². The van der Waals surface area contributed by atoms with E-state index in [-0.39, 0.29) is 11.5 Å². The van der Waals surface area contributed by atoms with Crippen LogP contribution >= 0.6 is 11.3 Å². The Morgan fingerprint density at radius 2 is 1.90 bits per heavy atom. The van der Waals surface area contributed by atoms with Gasteiger partial charge in [0.2, 0.25) is 0 Å². The van der Waals surface area contributed by atoms with Crippen LogP contribution in [0.5, 0.6) is 17.2 Å². The molecule has 0 aliphatic carbocycles. The van der Waals surface area contributed by atoms with Gasteiger partial charge in [-0.25, -0.2) is 4.98 Å². The summed E-state index contributed by atoms with van der Waals surface area (Å²) in [5.41, 5.74) is 1.18. The number of phenolic OH excluding ortho intramolecular Hbond substituents is 2. The van der Waals surface area contributed by atoms with Gasteiger partial charge in [0, 0.05) is 0 Å². The minimum atomic E-state index is 0.0223. The van der Waals surface area contributed by atoms with Crippen molar-refractivity contribution in [3.05, 3.63) is 36.4 Å². The van der Waals surface area contributed by atoms with Crippen LogP contribution in [0.1, 0.15) is 6.92 Å². The summed E-state index contributed by atoms with van der Waals surface area (Å²) in [5, 5.41) is 20.4. The lowest BCUT2D eigenvalue weighted by Crippen LogP contribution is -1.89. The van der Waals surface area contributed by atoms with Gasteiger partial charge >= 0.3 is 0 Å². The minimum absolute atomic E-state index is 0.0223. The molecule has 0 fully saturated rings. The number of aromatic hydroxyl groups is 2. The van der Waals surface area contributed by atoms with E-state index in [9.17, 15) is 10.2 Å². The molecule has 2 N–H and O–H groups in total. The predicted molar refractivity (Wildman–Crippen MR) is 79.6 cm³/mol. The van der Waals surface area contributed by atoms with E-state index in [1.165, 1.54) is 23.5 Å². The van der Waals surface area contributed by atoms with Gasteiger partial charge in [-0.1, -0.05) is 6.07 Å². The number of rotatable bonds is 3. The van der Waals surface area contributed by atoms with Crippen LogP contribution in [0.25, 0.3) is 20.8 Å². The van der Waals surface area contributed by atoms with E-state index in [0.717, 1.165) is 16.0 Å². The highest BCUT2D eigenvalue weighted by Gasteiger charge is 2.14. The molecule has 2 aromatic carbocycles. The maximum atomic E-state index is 9.89. The van der Waals surface area contributed by atoms with Crippen molar-refractivity contribution < 1.29 is 14.9 Å². The standard InChI is InChI=1S/C15H13NO3S/c1-2-19-9-6-7-10-13(8-9)20-15(16-10)14-11(17)4-3-5-12(14)18/h3-8,17-18H,2H2,1H3. The van der Waals surface area contributed by atoms with Crippen molar-refractivity contribution in [2.24, 2.45) is 0 Å². The van der Waals surface area contributed by atoms with Gasteiger partial charge in [0.1, 0.15) is 22.3 Å². The molecule has 3 aromatic rings. The molecule has 20 heavy (non-hydrogen) atoms. The fourth-order valence-corrected chi connectivity index (χ4v) is 3.07. The Labute approximate surface area is 119 Å². The molecule has 5 heteroatoms. The van der Waals surface area contributed by atoms with Gasteiger partial charge in [-0.2, -0.15) is 0 Å². The second-order valence-electron chi connectivity index (χ2n) is 4.25. The first kappa shape index (κ1) is 12.7. The van der Waals surface area contributed by atoms with Gasteiger partial charge in [-0.3, -0.25) is 0 Å². The third-order valence-electron chi connectivity index (χ3n) is 2.91. The Morgan fingerprint density at radius 3 is 2.60 bits per heavy atom. The molecule has 0 amide bonds. The average Bonchev–Trinajstić information content (AvgIpc) is 2.81. The molecule has 4 nitrogen and oxygen atoms in total. The quantitative estimate of drug-likeness (QED) is 0.769. The summed E-state index contributed by atoms with van der Waals surface area (Å²) < 4.78 is 6.41. The lowest BCUT2D eigenvalue weighted by Gasteiger charge is -2.02. The molecule has 0 unspecified atom stereocenters. The molecule has 102 valence electrons. The summed E-state index contributed by atoms with van der Waals surface area (Å²) in [4.78, 5) is 4.45. The molecular weight excluding hydrogens is 274 g/mol. The first-order chi connectivity index (χ1) is 9.69. The molecule has 1 aromatic heterocycles. The van der Waals surface area contributed by atoms with Crippen LogP contribution in [0.2, 0.25) is 0 Å². The molecule has 0 saturated heterocycles. The first-order valence-electron chi connectivity index (χ1n) is 6.23. The number of hydrogen-bond donors (Lipinski definition) is 2. The maximum Gasteiger partial charge on any atom is 0.132 e. The molecule has 3 rings (SSSR count). The van der Waals surface area contributed by atoms with Gasteiger partial charge in [0.25, 0.3) is 0 Å². The fraction of sp³-hybridized carbons (Fsp3) is 0.133. The number of nitrogens with zero attached hydrogens (tertiary/aromatic N) is 1. The minimum Gasteiger partial charge on any atom is -0.507 e. The van der Waals surface area contributed by atoms with Crippen molar-refractivity contribution in [3.63, 3.8) is 0 Å². The summed E-state index contributed by atoms with van der Waals surface area (Å²) in [6, 6.07) is 10.3. The normalized spacial score (nSPS) is 10.8. The highest BCUT2D eigenvalue weighted by Crippen LogP contribution is 2.41. The van der Waals surface area contributed by atoms with Crippen molar-refractivity contribution in [1.82, 2.24) is 4.98 Å². The van der Waals surface area contributed by atoms with E-state index >= 15 is 0 Å². The third-order valence-corrected chi connectivity index (χ3v) is 3.94. The third kappa shape index (κ3) is 2.16. The number of ether oxygens (including phenoxy) is 1. The van der Waals surface area contributed by atoms with Gasteiger partial charge in [-0.15, -0.1) is 11.3 Å². The van der Waals surface area contributed by atoms with Crippen molar-refractivity contribution in [3.8, 4) is 27.8 Å². The zero-order chi connectivity index (χ0) is 14.1. The molecule has 1 heterocycles. The van der Waals surface area contributed by atoms with Crippen LogP contribution in [0, 0.1) is 0 Å². The lowest BCUT2D eigenvalue weighted by molar-refractivity contribution is 0.341. The SMILES string of the molecule is CCOc1ccc2nc(-c3c(O)cccc3O)sc2c1. The van der Waals surface area contributed by atoms with Crippen molar-refractivity contribution in [1.29, 1.82) is 0 Å². The number of thiazole rings is 1. The van der Waals surface area contributed by atoms with Crippen LogP contribution < -0.4 is 4.74 Å². The van der Waals surface area contributed by atoms with Gasteiger partial charge < -0.3 is 14.9 Å². The maximum absolute atomic E-state index is 9.89. The van der Waals surface area contributed by atoms with E-state index < -0.39 is 0 Å². The van der Waals surface area contributed by atoms with Gasteiger partial charge in [0.05, 0.1) is 22.4 Å². The van der Waals surface area contributed by atoms with E-state index in [2.05, 4.69) is 4.98 Å². The Balaban J connectivity index is 2.13. The molecule has 0 radical (unpaired) electrons. The number of fused-ring (bicyclic) bond motifs is 1. The summed E-state index contributed by atoms with van der Waals surface area (Å²) >= 11 is 1.41. The Morgan fingerprint density at radius 1 is 1.15 bits per heavy atom. The number of hydrogen-bond acceptors (Lipinski definition) is 5. The number of phenols is 2. The van der Waals surface area contributed by atoms with E-state index in [4.69, 9.17) is 4.74 Å². The molecule has 0 saturated carbocycles. The monoisotopic (exact) mass is 287 g/mol. The van der Waals surface area contributed by atoms with Crippen molar-refractivity contribution in [2.45, 2.75) is 6.92 Å². The number of benzene rings is 2. The fourth-order valence-electron chi connectivity index (χ4n) is 2.02. The van der Waals surface area contributed by atoms with E-state index in [1.54, 1.807) is 6.07 Å². The summed E-state index contributed by atoms with van der Waals surface area (Å²) in [6.07, 6.45) is 0. The predicted octanol–water partition coefficient (Wildman–Crippen LogP) is 3.77. The summed E-state index contributed by atoms with van der Waals surface area (Å²) in [6.45, 7) is 2.54. The van der Waals surface area contributed by atoms with Crippen LogP contribution in [-0.4, -0.2) is 21.8 Å². The molecule has 0 spiro atoms. The molecule has 0 atom stereocenters. The largest absolute Gasteiger partial charge is 0.507 e. The lowest BCUT2D eigenvalue weighted by atomic mass is 10.2. The highest BCUT2D eigenvalue weighted by molar-refractivity contribution is 7.21. The number of aromatic nitrogens is 1. The van der Waals surface area contributed by atoms with Crippen molar-refractivity contribution >= 4 is 21.6 Å². The molecule has 0 aliphatic rings. The van der Waals surface area contributed by atoms with Gasteiger partial charge in [0.15, 0.2) is 0 Å².